The summed E-state index contributed by atoms with van der Waals surface area (Å²) in [5.74, 6) is -0.173. The Kier molecular flexibility index (Phi) is 3.18. The van der Waals surface area contributed by atoms with E-state index in [1.165, 1.54) is 0 Å². The number of carbonyl (C=O) groups excluding carboxylic acids is 1. The number of aromatic nitrogens is 2. The summed E-state index contributed by atoms with van der Waals surface area (Å²) in [5, 5.41) is 13.9. The third-order valence-corrected chi connectivity index (χ3v) is 3.46. The summed E-state index contributed by atoms with van der Waals surface area (Å²) >= 11 is 0. The molecule has 1 aliphatic heterocycles. The summed E-state index contributed by atoms with van der Waals surface area (Å²) in [6.07, 6.45) is 0.00848. The topological polar surface area (TPSA) is 79.0 Å². The first-order valence-electron chi connectivity index (χ1n) is 6.27. The molecule has 1 aliphatic rings. The fourth-order valence-corrected chi connectivity index (χ4v) is 2.42. The van der Waals surface area contributed by atoms with Crippen LogP contribution in [0.15, 0.2) is 24.3 Å². The van der Waals surface area contributed by atoms with E-state index in [0.29, 0.717) is 12.2 Å². The molecule has 2 atom stereocenters. The lowest BCUT2D eigenvalue weighted by molar-refractivity contribution is 0.0777. The number of H-pyrrole nitrogens is 1. The molecule has 2 aromatic rings. The smallest absolute Gasteiger partial charge is 0.272 e. The maximum atomic E-state index is 12.3. The molecule has 1 aromatic carbocycles. The van der Waals surface area contributed by atoms with Crippen LogP contribution in [0.1, 0.15) is 10.5 Å². The third kappa shape index (κ3) is 2.20. The molecule has 0 saturated carbocycles. The van der Waals surface area contributed by atoms with Crippen LogP contribution >= 0.6 is 0 Å². The van der Waals surface area contributed by atoms with Crippen molar-refractivity contribution in [1.29, 1.82) is 0 Å². The number of fused-ring (bicyclic) bond motifs is 1. The molecule has 3 N–H and O–H groups in total. The van der Waals surface area contributed by atoms with E-state index in [-0.39, 0.29) is 18.1 Å². The lowest BCUT2D eigenvalue weighted by Crippen LogP contribution is -2.43. The van der Waals surface area contributed by atoms with Gasteiger partial charge in [0, 0.05) is 25.6 Å². The highest BCUT2D eigenvalue weighted by Crippen LogP contribution is 2.15. The fraction of sp³-hybridized carbons (Fsp3) is 0.385. The minimum absolute atomic E-state index is 0.00848. The van der Waals surface area contributed by atoms with Crippen LogP contribution < -0.4 is 10.6 Å². The van der Waals surface area contributed by atoms with Crippen LogP contribution in [-0.2, 0) is 4.74 Å². The molecule has 1 saturated heterocycles. The van der Waals surface area contributed by atoms with E-state index >= 15 is 0 Å². The molecule has 100 valence electrons. The predicted molar refractivity (Wildman–Crippen MR) is 71.0 cm³/mol. The van der Waals surface area contributed by atoms with Crippen LogP contribution in [-0.4, -0.2) is 48.4 Å². The molecule has 0 aliphatic carbocycles. The molecular weight excluding hydrogens is 244 g/mol. The van der Waals surface area contributed by atoms with Gasteiger partial charge in [0.1, 0.15) is 0 Å². The molecule has 1 unspecified atom stereocenters. The molecule has 0 radical (unpaired) electrons. The quantitative estimate of drug-likeness (QED) is 0.740. The first-order chi connectivity index (χ1) is 9.29. The summed E-state index contributed by atoms with van der Waals surface area (Å²) in [6, 6.07) is 7.56. The van der Waals surface area contributed by atoms with Crippen LogP contribution in [0.4, 0.5) is 0 Å². The molecule has 6 nitrogen and oxygen atoms in total. The number of carbonyl (C=O) groups is 1. The molecule has 0 bridgehead atoms. The van der Waals surface area contributed by atoms with Crippen LogP contribution in [0.5, 0.6) is 0 Å². The van der Waals surface area contributed by atoms with E-state index in [1.54, 1.807) is 7.11 Å². The molecular formula is C13H16N4O2. The van der Waals surface area contributed by atoms with Gasteiger partial charge in [-0.3, -0.25) is 9.89 Å². The number of hydrogen-bond donors (Lipinski definition) is 3. The summed E-state index contributed by atoms with van der Waals surface area (Å²) in [6.45, 7) is 1.47. The number of aromatic amines is 1. The highest BCUT2D eigenvalue weighted by atomic mass is 16.5. The Labute approximate surface area is 110 Å². The number of amides is 1. The first-order valence-corrected chi connectivity index (χ1v) is 6.27. The molecule has 6 heteroatoms. The average Bonchev–Trinajstić information content (AvgIpc) is 3.04. The fourth-order valence-electron chi connectivity index (χ4n) is 2.42. The van der Waals surface area contributed by atoms with Gasteiger partial charge in [-0.25, -0.2) is 0 Å². The second kappa shape index (κ2) is 4.99. The summed E-state index contributed by atoms with van der Waals surface area (Å²) in [7, 11) is 1.65. The number of benzene rings is 1. The van der Waals surface area contributed by atoms with Gasteiger partial charge >= 0.3 is 0 Å². The predicted octanol–water partition coefficient (Wildman–Crippen LogP) is 0.280. The number of nitrogens with one attached hydrogen (secondary N) is 3. The zero-order chi connectivity index (χ0) is 13.2. The van der Waals surface area contributed by atoms with Crippen LogP contribution in [0.3, 0.4) is 0 Å². The maximum Gasteiger partial charge on any atom is 0.272 e. The number of hydrogen-bond acceptors (Lipinski definition) is 4. The summed E-state index contributed by atoms with van der Waals surface area (Å²) in [4.78, 5) is 12.3. The van der Waals surface area contributed by atoms with Gasteiger partial charge < -0.3 is 15.4 Å². The van der Waals surface area contributed by atoms with Crippen LogP contribution in [0.25, 0.3) is 10.9 Å². The molecule has 19 heavy (non-hydrogen) atoms. The largest absolute Gasteiger partial charge is 0.378 e. The first kappa shape index (κ1) is 12.1. The molecule has 3 rings (SSSR count). The van der Waals surface area contributed by atoms with E-state index in [0.717, 1.165) is 17.4 Å². The van der Waals surface area contributed by atoms with Gasteiger partial charge in [-0.2, -0.15) is 5.10 Å². The standard InChI is InChI=1S/C13H16N4O2/c1-19-11-7-14-6-10(11)15-13(18)12-8-4-2-3-5-9(8)16-17-12/h2-5,10-11,14H,6-7H2,1H3,(H,15,18)(H,16,17)/t10?,11-/m0/s1. The van der Waals surface area contributed by atoms with Crippen molar-refractivity contribution in [3.63, 3.8) is 0 Å². The van der Waals surface area contributed by atoms with Crippen molar-refractivity contribution in [1.82, 2.24) is 20.8 Å². The number of ether oxygens (including phenoxy) is 1. The van der Waals surface area contributed by atoms with E-state index in [9.17, 15) is 4.79 Å². The summed E-state index contributed by atoms with van der Waals surface area (Å²) in [5.41, 5.74) is 1.29. The van der Waals surface area contributed by atoms with Crippen molar-refractivity contribution in [2.75, 3.05) is 20.2 Å². The lowest BCUT2D eigenvalue weighted by Gasteiger charge is -2.17. The lowest BCUT2D eigenvalue weighted by atomic mass is 10.1. The second-order valence-electron chi connectivity index (χ2n) is 4.63. The second-order valence-corrected chi connectivity index (χ2v) is 4.63. The number of nitrogens with zero attached hydrogens (tertiary/aromatic N) is 1. The molecule has 2 heterocycles. The van der Waals surface area contributed by atoms with Crippen molar-refractivity contribution in [3.05, 3.63) is 30.0 Å². The Balaban J connectivity index is 1.80. The van der Waals surface area contributed by atoms with Crippen molar-refractivity contribution >= 4 is 16.8 Å². The van der Waals surface area contributed by atoms with E-state index < -0.39 is 0 Å². The Bertz CT molecular complexity index is 595. The van der Waals surface area contributed by atoms with Crippen molar-refractivity contribution in [3.8, 4) is 0 Å². The average molecular weight is 260 g/mol. The normalized spacial score (nSPS) is 22.8. The number of para-hydroxylation sites is 1. The molecule has 1 fully saturated rings. The van der Waals surface area contributed by atoms with Gasteiger partial charge in [0.05, 0.1) is 17.7 Å². The Morgan fingerprint density at radius 2 is 2.26 bits per heavy atom. The highest BCUT2D eigenvalue weighted by Gasteiger charge is 2.29. The number of rotatable bonds is 3. The molecule has 0 spiro atoms. The van der Waals surface area contributed by atoms with Crippen molar-refractivity contribution in [2.45, 2.75) is 12.1 Å². The molecule has 1 aromatic heterocycles. The van der Waals surface area contributed by atoms with Crippen molar-refractivity contribution in [2.24, 2.45) is 0 Å². The highest BCUT2D eigenvalue weighted by molar-refractivity contribution is 6.04. The van der Waals surface area contributed by atoms with Gasteiger partial charge in [0.2, 0.25) is 0 Å². The SMILES string of the molecule is CO[C@H]1CNCC1NC(=O)c1n[nH]c2ccccc12. The van der Waals surface area contributed by atoms with E-state index in [2.05, 4.69) is 20.8 Å². The number of methoxy groups -OCH3 is 1. The van der Waals surface area contributed by atoms with Gasteiger partial charge in [-0.15, -0.1) is 0 Å². The van der Waals surface area contributed by atoms with Crippen LogP contribution in [0, 0.1) is 0 Å². The Morgan fingerprint density at radius 3 is 3.11 bits per heavy atom. The van der Waals surface area contributed by atoms with Gasteiger partial charge in [-0.05, 0) is 6.07 Å². The van der Waals surface area contributed by atoms with Crippen molar-refractivity contribution < 1.29 is 9.53 Å². The Morgan fingerprint density at radius 1 is 1.42 bits per heavy atom. The molecule has 1 amide bonds. The van der Waals surface area contributed by atoms with Gasteiger partial charge in [0.15, 0.2) is 5.69 Å². The van der Waals surface area contributed by atoms with Gasteiger partial charge in [0.25, 0.3) is 5.91 Å². The zero-order valence-electron chi connectivity index (χ0n) is 10.6. The van der Waals surface area contributed by atoms with Gasteiger partial charge in [-0.1, -0.05) is 18.2 Å². The minimum atomic E-state index is -0.173. The monoisotopic (exact) mass is 260 g/mol. The van der Waals surface area contributed by atoms with E-state index in [1.807, 2.05) is 24.3 Å². The zero-order valence-corrected chi connectivity index (χ0v) is 10.6. The third-order valence-electron chi connectivity index (χ3n) is 3.46. The van der Waals surface area contributed by atoms with E-state index in [4.69, 9.17) is 4.74 Å². The maximum absolute atomic E-state index is 12.3. The summed E-state index contributed by atoms with van der Waals surface area (Å²) < 4.78 is 5.32. The minimum Gasteiger partial charge on any atom is -0.378 e. The Hall–Kier alpha value is -1.92. The van der Waals surface area contributed by atoms with Crippen LogP contribution in [0.2, 0.25) is 0 Å².